The van der Waals surface area contributed by atoms with Gasteiger partial charge in [-0.1, -0.05) is 12.1 Å². The third-order valence-electron chi connectivity index (χ3n) is 2.20. The Morgan fingerprint density at radius 1 is 1.58 bits per heavy atom. The molecule has 2 heteroatoms. The minimum atomic E-state index is -0.791. The van der Waals surface area contributed by atoms with Gasteiger partial charge in [-0.05, 0) is 31.0 Å². The Balaban J connectivity index is 2.19. The van der Waals surface area contributed by atoms with Crippen LogP contribution in [-0.2, 0) is 0 Å². The summed E-state index contributed by atoms with van der Waals surface area (Å²) in [6.07, 6.45) is 0.825. The maximum absolute atomic E-state index is 13.2. The SMILES string of the molecule is F[C@@H]1CCCN1c1c[c]ccc1. The first-order valence-electron chi connectivity index (χ1n) is 4.25. The molecular formula is C10H11FN. The van der Waals surface area contributed by atoms with Crippen molar-refractivity contribution >= 4 is 5.69 Å². The number of alkyl halides is 1. The maximum atomic E-state index is 13.2. The van der Waals surface area contributed by atoms with Gasteiger partial charge in [-0.15, -0.1) is 0 Å². The molecule has 0 aliphatic carbocycles. The van der Waals surface area contributed by atoms with Crippen molar-refractivity contribution in [3.63, 3.8) is 0 Å². The van der Waals surface area contributed by atoms with E-state index in [1.807, 2.05) is 24.3 Å². The lowest BCUT2D eigenvalue weighted by molar-refractivity contribution is 0.345. The summed E-state index contributed by atoms with van der Waals surface area (Å²) in [6, 6.07) is 10.4. The van der Waals surface area contributed by atoms with Gasteiger partial charge < -0.3 is 4.90 Å². The van der Waals surface area contributed by atoms with Gasteiger partial charge in [0.05, 0.1) is 0 Å². The second-order valence-corrected chi connectivity index (χ2v) is 3.03. The topological polar surface area (TPSA) is 3.24 Å². The summed E-state index contributed by atoms with van der Waals surface area (Å²) in [5.41, 5.74) is 0.947. The number of hydrogen-bond donors (Lipinski definition) is 0. The summed E-state index contributed by atoms with van der Waals surface area (Å²) < 4.78 is 13.2. The fourth-order valence-electron chi connectivity index (χ4n) is 1.58. The molecule has 2 rings (SSSR count). The molecule has 1 aromatic carbocycles. The van der Waals surface area contributed by atoms with E-state index in [2.05, 4.69) is 6.07 Å². The van der Waals surface area contributed by atoms with Crippen molar-refractivity contribution in [3.05, 3.63) is 30.3 Å². The molecule has 12 heavy (non-hydrogen) atoms. The number of anilines is 1. The van der Waals surface area contributed by atoms with Crippen LogP contribution in [0.3, 0.4) is 0 Å². The Hall–Kier alpha value is -1.05. The first kappa shape index (κ1) is 7.59. The number of nitrogens with zero attached hydrogens (tertiary/aromatic N) is 1. The Labute approximate surface area is 71.8 Å². The first-order valence-corrected chi connectivity index (χ1v) is 4.25. The smallest absolute Gasteiger partial charge is 0.172 e. The molecule has 0 bridgehead atoms. The molecule has 0 N–H and O–H groups in total. The summed E-state index contributed by atoms with van der Waals surface area (Å²) in [7, 11) is 0. The van der Waals surface area contributed by atoms with E-state index in [1.54, 1.807) is 4.90 Å². The molecule has 1 heterocycles. The first-order chi connectivity index (χ1) is 5.88. The number of halogens is 1. The van der Waals surface area contributed by atoms with E-state index >= 15 is 0 Å². The molecule has 0 aromatic heterocycles. The molecule has 1 atom stereocenters. The fraction of sp³-hybridized carbons (Fsp3) is 0.400. The molecular weight excluding hydrogens is 153 g/mol. The molecule has 1 aliphatic heterocycles. The summed E-state index contributed by atoms with van der Waals surface area (Å²) in [4.78, 5) is 1.79. The van der Waals surface area contributed by atoms with Gasteiger partial charge in [0.25, 0.3) is 0 Å². The van der Waals surface area contributed by atoms with Gasteiger partial charge in [0, 0.05) is 12.2 Å². The standard InChI is InChI=1S/C10H11FN/c11-10-7-4-8-12(10)9-5-2-1-3-6-9/h1-2,5-6,10H,4,7-8H2/t10-/m0/s1. The lowest BCUT2D eigenvalue weighted by Gasteiger charge is -2.20. The largest absolute Gasteiger partial charge is 0.342 e. The zero-order chi connectivity index (χ0) is 8.39. The van der Waals surface area contributed by atoms with Gasteiger partial charge in [-0.2, -0.15) is 0 Å². The van der Waals surface area contributed by atoms with Crippen LogP contribution in [0.2, 0.25) is 0 Å². The lowest BCUT2D eigenvalue weighted by Crippen LogP contribution is -2.24. The van der Waals surface area contributed by atoms with Crippen LogP contribution in [0.25, 0.3) is 0 Å². The molecule has 1 saturated heterocycles. The van der Waals surface area contributed by atoms with Crippen LogP contribution in [0.5, 0.6) is 0 Å². The molecule has 1 aromatic rings. The fourth-order valence-corrected chi connectivity index (χ4v) is 1.58. The van der Waals surface area contributed by atoms with Gasteiger partial charge in [0.1, 0.15) is 0 Å². The minimum Gasteiger partial charge on any atom is -0.342 e. The average Bonchev–Trinajstić information content (AvgIpc) is 2.53. The van der Waals surface area contributed by atoms with Crippen molar-refractivity contribution in [1.29, 1.82) is 0 Å². The molecule has 1 fully saturated rings. The minimum absolute atomic E-state index is 0.662. The number of hydrogen-bond acceptors (Lipinski definition) is 1. The Bertz CT molecular complexity index is 247. The summed E-state index contributed by atoms with van der Waals surface area (Å²) in [5.74, 6) is 0. The van der Waals surface area contributed by atoms with Crippen molar-refractivity contribution in [3.8, 4) is 0 Å². The molecule has 1 aliphatic rings. The normalized spacial score (nSPS) is 23.1. The molecule has 1 radical (unpaired) electrons. The summed E-state index contributed by atoms with van der Waals surface area (Å²) >= 11 is 0. The highest BCUT2D eigenvalue weighted by atomic mass is 19.1. The Morgan fingerprint density at radius 3 is 3.08 bits per heavy atom. The van der Waals surface area contributed by atoms with E-state index in [4.69, 9.17) is 0 Å². The Kier molecular flexibility index (Phi) is 1.98. The molecule has 0 saturated carbocycles. The highest BCUT2D eigenvalue weighted by molar-refractivity contribution is 5.46. The third kappa shape index (κ3) is 1.29. The quantitative estimate of drug-likeness (QED) is 0.576. The van der Waals surface area contributed by atoms with Crippen molar-refractivity contribution in [1.82, 2.24) is 0 Å². The summed E-state index contributed by atoms with van der Waals surface area (Å²) in [5, 5.41) is 0. The van der Waals surface area contributed by atoms with Gasteiger partial charge in [0.15, 0.2) is 6.30 Å². The number of rotatable bonds is 1. The zero-order valence-electron chi connectivity index (χ0n) is 6.83. The molecule has 63 valence electrons. The van der Waals surface area contributed by atoms with E-state index in [-0.39, 0.29) is 0 Å². The van der Waals surface area contributed by atoms with Crippen LogP contribution < -0.4 is 4.90 Å². The molecule has 0 spiro atoms. The van der Waals surface area contributed by atoms with Gasteiger partial charge in [0.2, 0.25) is 0 Å². The van der Waals surface area contributed by atoms with Crippen molar-refractivity contribution < 1.29 is 4.39 Å². The predicted octanol–water partition coefficient (Wildman–Crippen LogP) is 2.38. The van der Waals surface area contributed by atoms with Crippen molar-refractivity contribution in [2.75, 3.05) is 11.4 Å². The van der Waals surface area contributed by atoms with Crippen molar-refractivity contribution in [2.24, 2.45) is 0 Å². The second-order valence-electron chi connectivity index (χ2n) is 3.03. The Morgan fingerprint density at radius 2 is 2.50 bits per heavy atom. The van der Waals surface area contributed by atoms with Gasteiger partial charge in [-0.3, -0.25) is 0 Å². The van der Waals surface area contributed by atoms with E-state index in [0.717, 1.165) is 18.7 Å². The van der Waals surface area contributed by atoms with Gasteiger partial charge in [-0.25, -0.2) is 4.39 Å². The van der Waals surface area contributed by atoms with E-state index in [9.17, 15) is 4.39 Å². The maximum Gasteiger partial charge on any atom is 0.172 e. The van der Waals surface area contributed by atoms with Crippen LogP contribution in [-0.4, -0.2) is 12.8 Å². The van der Waals surface area contributed by atoms with Crippen LogP contribution in [0.1, 0.15) is 12.8 Å². The summed E-state index contributed by atoms with van der Waals surface area (Å²) in [6.45, 7) is 0.832. The lowest BCUT2D eigenvalue weighted by atomic mass is 10.3. The van der Waals surface area contributed by atoms with Crippen LogP contribution in [0, 0.1) is 6.07 Å². The molecule has 0 amide bonds. The highest BCUT2D eigenvalue weighted by Crippen LogP contribution is 2.25. The average molecular weight is 164 g/mol. The van der Waals surface area contributed by atoms with Gasteiger partial charge >= 0.3 is 0 Å². The van der Waals surface area contributed by atoms with E-state index < -0.39 is 6.30 Å². The molecule has 1 nitrogen and oxygen atoms in total. The molecule has 0 unspecified atom stereocenters. The third-order valence-corrected chi connectivity index (χ3v) is 2.20. The van der Waals surface area contributed by atoms with E-state index in [1.165, 1.54) is 0 Å². The predicted molar refractivity (Wildman–Crippen MR) is 46.8 cm³/mol. The second kappa shape index (κ2) is 3.13. The number of benzene rings is 1. The van der Waals surface area contributed by atoms with Crippen LogP contribution in [0.15, 0.2) is 24.3 Å². The zero-order valence-corrected chi connectivity index (χ0v) is 6.83. The van der Waals surface area contributed by atoms with Crippen LogP contribution in [0.4, 0.5) is 10.1 Å². The monoisotopic (exact) mass is 164 g/mol. The van der Waals surface area contributed by atoms with Crippen molar-refractivity contribution in [2.45, 2.75) is 19.1 Å². The van der Waals surface area contributed by atoms with E-state index in [0.29, 0.717) is 6.42 Å². The van der Waals surface area contributed by atoms with Crippen LogP contribution >= 0.6 is 0 Å². The highest BCUT2D eigenvalue weighted by Gasteiger charge is 2.23.